The maximum absolute atomic E-state index is 13.3. The number of halogens is 2. The second-order valence-corrected chi connectivity index (χ2v) is 3.28. The molecule has 2 aromatic rings. The summed E-state index contributed by atoms with van der Waals surface area (Å²) in [4.78, 5) is 11.6. The number of carbonyl (C=O) groups excluding carboxylic acids is 1. The van der Waals surface area contributed by atoms with Crippen LogP contribution in [0, 0.1) is 11.6 Å². The number of benzene rings is 1. The van der Waals surface area contributed by atoms with Gasteiger partial charge in [0.2, 0.25) is 0 Å². The lowest BCUT2D eigenvalue weighted by atomic mass is 10.2. The molecule has 0 saturated carbocycles. The zero-order chi connectivity index (χ0) is 12.4. The Labute approximate surface area is 94.6 Å². The first-order valence-corrected chi connectivity index (χ1v) is 4.63. The predicted octanol–water partition coefficient (Wildman–Crippen LogP) is 1.52. The Morgan fingerprint density at radius 1 is 1.41 bits per heavy atom. The molecule has 0 bridgehead atoms. The average molecular weight is 238 g/mol. The monoisotopic (exact) mass is 238 g/mol. The molecule has 0 aliphatic rings. The summed E-state index contributed by atoms with van der Waals surface area (Å²) in [6.45, 7) is 0. The Bertz CT molecular complexity index is 567. The van der Waals surface area contributed by atoms with Crippen LogP contribution in [0.25, 0.3) is 0 Å². The van der Waals surface area contributed by atoms with Crippen LogP contribution in [0.15, 0.2) is 24.4 Å². The van der Waals surface area contributed by atoms with E-state index < -0.39 is 23.1 Å². The van der Waals surface area contributed by atoms with Crippen molar-refractivity contribution in [2.45, 2.75) is 0 Å². The van der Waals surface area contributed by atoms with Crippen molar-refractivity contribution in [3.8, 4) is 0 Å². The van der Waals surface area contributed by atoms with E-state index >= 15 is 0 Å². The van der Waals surface area contributed by atoms with Gasteiger partial charge in [-0.1, -0.05) is 0 Å². The lowest BCUT2D eigenvalue weighted by Crippen LogP contribution is -2.15. The standard InChI is InChI=1S/C10H8F2N4O/c11-5-1-2-7(12)6(3-5)10(17)15-9-8(13)4-14-16-9/h1-4H,13H2,(H2,14,15,16,17). The molecular weight excluding hydrogens is 230 g/mol. The number of amides is 1. The van der Waals surface area contributed by atoms with E-state index in [0.717, 1.165) is 18.2 Å². The highest BCUT2D eigenvalue weighted by Crippen LogP contribution is 2.16. The zero-order valence-corrected chi connectivity index (χ0v) is 8.50. The van der Waals surface area contributed by atoms with Gasteiger partial charge >= 0.3 is 0 Å². The van der Waals surface area contributed by atoms with Crippen molar-refractivity contribution in [1.29, 1.82) is 0 Å². The van der Waals surface area contributed by atoms with Crippen molar-refractivity contribution in [3.63, 3.8) is 0 Å². The SMILES string of the molecule is Nc1cn[nH]c1NC(=O)c1cc(F)ccc1F. The first-order valence-electron chi connectivity index (χ1n) is 4.63. The fourth-order valence-corrected chi connectivity index (χ4v) is 1.25. The van der Waals surface area contributed by atoms with Gasteiger partial charge < -0.3 is 11.1 Å². The highest BCUT2D eigenvalue weighted by molar-refractivity contribution is 6.05. The number of nitrogens with zero attached hydrogens (tertiary/aromatic N) is 1. The van der Waals surface area contributed by atoms with Gasteiger partial charge in [-0.25, -0.2) is 8.78 Å². The Morgan fingerprint density at radius 3 is 2.82 bits per heavy atom. The normalized spacial score (nSPS) is 10.2. The molecule has 0 unspecified atom stereocenters. The van der Waals surface area contributed by atoms with Crippen LogP contribution in [0.1, 0.15) is 10.4 Å². The number of rotatable bonds is 2. The van der Waals surface area contributed by atoms with Crippen LogP contribution in [-0.2, 0) is 0 Å². The largest absolute Gasteiger partial charge is 0.394 e. The molecule has 17 heavy (non-hydrogen) atoms. The van der Waals surface area contributed by atoms with Gasteiger partial charge in [0.25, 0.3) is 5.91 Å². The molecule has 0 radical (unpaired) electrons. The van der Waals surface area contributed by atoms with Gasteiger partial charge in [0.05, 0.1) is 17.4 Å². The van der Waals surface area contributed by atoms with Crippen LogP contribution < -0.4 is 11.1 Å². The number of carbonyl (C=O) groups is 1. The molecule has 0 aliphatic carbocycles. The highest BCUT2D eigenvalue weighted by atomic mass is 19.1. The van der Waals surface area contributed by atoms with Crippen LogP contribution in [0.4, 0.5) is 20.3 Å². The van der Waals surface area contributed by atoms with Crippen molar-refractivity contribution in [3.05, 3.63) is 41.6 Å². The molecule has 0 aliphatic heterocycles. The number of nitrogens with one attached hydrogen (secondary N) is 2. The van der Waals surface area contributed by atoms with E-state index in [1.165, 1.54) is 6.20 Å². The summed E-state index contributed by atoms with van der Waals surface area (Å²) in [7, 11) is 0. The van der Waals surface area contributed by atoms with Gasteiger partial charge in [-0.05, 0) is 18.2 Å². The van der Waals surface area contributed by atoms with Crippen LogP contribution >= 0.6 is 0 Å². The van der Waals surface area contributed by atoms with Gasteiger partial charge in [0.1, 0.15) is 11.6 Å². The molecule has 1 amide bonds. The zero-order valence-electron chi connectivity index (χ0n) is 8.50. The molecular formula is C10H8F2N4O. The van der Waals surface area contributed by atoms with E-state index in [2.05, 4.69) is 15.5 Å². The highest BCUT2D eigenvalue weighted by Gasteiger charge is 2.14. The number of hydrogen-bond acceptors (Lipinski definition) is 3. The summed E-state index contributed by atoms with van der Waals surface area (Å²) < 4.78 is 26.1. The van der Waals surface area contributed by atoms with E-state index in [1.807, 2.05) is 0 Å². The van der Waals surface area contributed by atoms with Crippen molar-refractivity contribution in [1.82, 2.24) is 10.2 Å². The number of nitrogen functional groups attached to an aromatic ring is 1. The Hall–Kier alpha value is -2.44. The topological polar surface area (TPSA) is 83.8 Å². The van der Waals surface area contributed by atoms with E-state index in [-0.39, 0.29) is 11.5 Å². The summed E-state index contributed by atoms with van der Waals surface area (Å²) in [5.41, 5.74) is 5.26. The van der Waals surface area contributed by atoms with E-state index in [9.17, 15) is 13.6 Å². The molecule has 2 rings (SSSR count). The fraction of sp³-hybridized carbons (Fsp3) is 0. The number of H-pyrrole nitrogens is 1. The van der Waals surface area contributed by atoms with E-state index in [4.69, 9.17) is 5.73 Å². The van der Waals surface area contributed by atoms with Crippen LogP contribution in [0.3, 0.4) is 0 Å². The van der Waals surface area contributed by atoms with E-state index in [0.29, 0.717) is 0 Å². The summed E-state index contributed by atoms with van der Waals surface area (Å²) >= 11 is 0. The van der Waals surface area contributed by atoms with Crippen molar-refractivity contribution in [2.24, 2.45) is 0 Å². The number of hydrogen-bond donors (Lipinski definition) is 3. The quantitative estimate of drug-likeness (QED) is 0.741. The second kappa shape index (κ2) is 4.20. The molecule has 4 N–H and O–H groups in total. The van der Waals surface area contributed by atoms with Crippen LogP contribution in [0.2, 0.25) is 0 Å². The van der Waals surface area contributed by atoms with Gasteiger partial charge in [-0.3, -0.25) is 9.89 Å². The Kier molecular flexibility index (Phi) is 2.73. The molecule has 0 atom stereocenters. The number of aromatic nitrogens is 2. The molecule has 5 nitrogen and oxygen atoms in total. The maximum atomic E-state index is 13.3. The average Bonchev–Trinajstić information content (AvgIpc) is 2.68. The fourth-order valence-electron chi connectivity index (χ4n) is 1.25. The molecule has 1 aromatic carbocycles. The van der Waals surface area contributed by atoms with Crippen molar-refractivity contribution >= 4 is 17.4 Å². The minimum absolute atomic E-state index is 0.138. The van der Waals surface area contributed by atoms with Crippen LogP contribution in [-0.4, -0.2) is 16.1 Å². The third-order valence-corrected chi connectivity index (χ3v) is 2.08. The third-order valence-electron chi connectivity index (χ3n) is 2.08. The lowest BCUT2D eigenvalue weighted by Gasteiger charge is -2.04. The number of aromatic amines is 1. The van der Waals surface area contributed by atoms with E-state index in [1.54, 1.807) is 0 Å². The van der Waals surface area contributed by atoms with Gasteiger partial charge in [0.15, 0.2) is 5.82 Å². The smallest absolute Gasteiger partial charge is 0.259 e. The molecule has 0 fully saturated rings. The Morgan fingerprint density at radius 2 is 2.18 bits per heavy atom. The number of nitrogens with two attached hydrogens (primary N) is 1. The second-order valence-electron chi connectivity index (χ2n) is 3.28. The summed E-state index contributed by atoms with van der Waals surface area (Å²) in [6.07, 6.45) is 1.29. The first-order chi connectivity index (χ1) is 8.08. The van der Waals surface area contributed by atoms with Crippen molar-refractivity contribution < 1.29 is 13.6 Å². The molecule has 7 heteroatoms. The van der Waals surface area contributed by atoms with Crippen molar-refractivity contribution in [2.75, 3.05) is 11.1 Å². The van der Waals surface area contributed by atoms with Gasteiger partial charge in [-0.2, -0.15) is 5.10 Å². The third kappa shape index (κ3) is 2.22. The number of anilines is 2. The minimum atomic E-state index is -0.818. The molecule has 0 spiro atoms. The maximum Gasteiger partial charge on any atom is 0.259 e. The minimum Gasteiger partial charge on any atom is -0.394 e. The lowest BCUT2D eigenvalue weighted by molar-refractivity contribution is 0.102. The summed E-state index contributed by atoms with van der Waals surface area (Å²) in [5.74, 6) is -2.19. The molecule has 1 heterocycles. The summed E-state index contributed by atoms with van der Waals surface area (Å²) in [6, 6.07) is 2.61. The molecule has 0 saturated heterocycles. The Balaban J connectivity index is 2.26. The van der Waals surface area contributed by atoms with Crippen LogP contribution in [0.5, 0.6) is 0 Å². The molecule has 88 valence electrons. The van der Waals surface area contributed by atoms with Gasteiger partial charge in [-0.15, -0.1) is 0 Å². The first kappa shape index (κ1) is 11.1. The van der Waals surface area contributed by atoms with Gasteiger partial charge in [0, 0.05) is 0 Å². The molecule has 1 aromatic heterocycles. The predicted molar refractivity (Wildman–Crippen MR) is 57.3 cm³/mol. The summed E-state index contributed by atoms with van der Waals surface area (Å²) in [5, 5.41) is 8.28.